The Balaban J connectivity index is 1.75. The molecule has 1 N–H and O–H groups in total. The van der Waals surface area contributed by atoms with Gasteiger partial charge in [0.1, 0.15) is 0 Å². The molecule has 1 aliphatic rings. The van der Waals surface area contributed by atoms with E-state index in [-0.39, 0.29) is 11.4 Å². The highest BCUT2D eigenvalue weighted by atomic mass is 16.2. The lowest BCUT2D eigenvalue weighted by Gasteiger charge is -2.45. The molecule has 4 heteroatoms. The molecule has 1 heterocycles. The predicted octanol–water partition coefficient (Wildman–Crippen LogP) is 4.17. The number of fused-ring (bicyclic) bond motifs is 1. The van der Waals surface area contributed by atoms with Gasteiger partial charge in [-0.15, -0.1) is 0 Å². The van der Waals surface area contributed by atoms with Gasteiger partial charge < -0.3 is 4.90 Å². The molecule has 1 atom stereocenters. The van der Waals surface area contributed by atoms with Crippen molar-refractivity contribution in [2.45, 2.75) is 38.6 Å². The Labute approximate surface area is 149 Å². The number of hydrazone groups is 1. The first-order valence-corrected chi connectivity index (χ1v) is 8.65. The summed E-state index contributed by atoms with van der Waals surface area (Å²) in [5.41, 5.74) is 6.94. The van der Waals surface area contributed by atoms with Gasteiger partial charge in [-0.1, -0.05) is 31.2 Å². The van der Waals surface area contributed by atoms with E-state index in [1.807, 2.05) is 24.3 Å². The highest BCUT2D eigenvalue weighted by molar-refractivity contribution is 5.94. The number of hydrogen-bond acceptors (Lipinski definition) is 3. The van der Waals surface area contributed by atoms with Crippen LogP contribution in [-0.4, -0.2) is 24.7 Å². The lowest BCUT2D eigenvalue weighted by Crippen LogP contribution is -2.45. The van der Waals surface area contributed by atoms with Crippen molar-refractivity contribution in [2.75, 3.05) is 11.9 Å². The van der Waals surface area contributed by atoms with Crippen molar-refractivity contribution < 1.29 is 4.79 Å². The number of hydrogen-bond donors (Lipinski definition) is 1. The highest BCUT2D eigenvalue weighted by Crippen LogP contribution is 2.42. The van der Waals surface area contributed by atoms with Gasteiger partial charge in [0, 0.05) is 23.8 Å². The van der Waals surface area contributed by atoms with Gasteiger partial charge >= 0.3 is 0 Å². The summed E-state index contributed by atoms with van der Waals surface area (Å²) in [4.78, 5) is 14.4. The van der Waals surface area contributed by atoms with Crippen LogP contribution in [0.25, 0.3) is 0 Å². The summed E-state index contributed by atoms with van der Waals surface area (Å²) in [5.74, 6) is 0.290. The van der Waals surface area contributed by atoms with Crippen LogP contribution >= 0.6 is 0 Å². The summed E-state index contributed by atoms with van der Waals surface area (Å²) in [6.07, 6.45) is 2.81. The zero-order valence-electron chi connectivity index (χ0n) is 15.3. The summed E-state index contributed by atoms with van der Waals surface area (Å²) in [5, 5.41) is 4.10. The van der Waals surface area contributed by atoms with Crippen LogP contribution in [0.4, 0.5) is 5.69 Å². The summed E-state index contributed by atoms with van der Waals surface area (Å²) in [6, 6.07) is 15.4. The van der Waals surface area contributed by atoms with Crippen molar-refractivity contribution in [2.24, 2.45) is 5.10 Å². The van der Waals surface area contributed by atoms with Crippen molar-refractivity contribution in [3.63, 3.8) is 0 Å². The number of rotatable bonds is 3. The first-order chi connectivity index (χ1) is 11.9. The first kappa shape index (κ1) is 17.2. The Morgan fingerprint density at radius 1 is 1.24 bits per heavy atom. The van der Waals surface area contributed by atoms with E-state index < -0.39 is 0 Å². The maximum absolute atomic E-state index is 12.0. The largest absolute Gasteiger partial charge is 0.369 e. The van der Waals surface area contributed by atoms with Crippen LogP contribution in [0.5, 0.6) is 0 Å². The molecule has 0 aliphatic carbocycles. The number of benzene rings is 2. The molecule has 0 unspecified atom stereocenters. The van der Waals surface area contributed by atoms with Gasteiger partial charge in [0.15, 0.2) is 0 Å². The summed E-state index contributed by atoms with van der Waals surface area (Å²) < 4.78 is 0. The van der Waals surface area contributed by atoms with Crippen LogP contribution in [0, 0.1) is 0 Å². The number of amides is 1. The molecule has 0 bridgehead atoms. The van der Waals surface area contributed by atoms with E-state index in [0.717, 1.165) is 12.0 Å². The Bertz CT molecular complexity index is 796. The van der Waals surface area contributed by atoms with Gasteiger partial charge in [0.05, 0.1) is 6.21 Å². The molecule has 2 aromatic carbocycles. The smallest absolute Gasteiger partial charge is 0.271 e. The Morgan fingerprint density at radius 3 is 2.68 bits per heavy atom. The quantitative estimate of drug-likeness (QED) is 0.676. The summed E-state index contributed by atoms with van der Waals surface area (Å²) >= 11 is 0. The minimum Gasteiger partial charge on any atom is -0.369 e. The molecule has 1 aliphatic heterocycles. The second-order valence-electron chi connectivity index (χ2n) is 7.36. The van der Waals surface area contributed by atoms with E-state index in [4.69, 9.17) is 0 Å². The Kier molecular flexibility index (Phi) is 4.62. The minimum absolute atomic E-state index is 0.158. The fourth-order valence-corrected chi connectivity index (χ4v) is 3.50. The molecular formula is C21H25N3O. The van der Waals surface area contributed by atoms with Gasteiger partial charge in [-0.3, -0.25) is 4.79 Å². The monoisotopic (exact) mass is 335 g/mol. The number of carbonyl (C=O) groups excluding carboxylic acids is 1. The second kappa shape index (κ2) is 6.71. The van der Waals surface area contributed by atoms with Gasteiger partial charge in [-0.2, -0.15) is 5.10 Å². The average molecular weight is 335 g/mol. The maximum atomic E-state index is 12.0. The van der Waals surface area contributed by atoms with Gasteiger partial charge in [0.2, 0.25) is 0 Å². The van der Waals surface area contributed by atoms with Gasteiger partial charge in [-0.25, -0.2) is 5.43 Å². The molecule has 2 aromatic rings. The SMILES string of the molecule is C[C@H]1CC(C)(C)N(C)c2ccc(/C=N\NC(=O)c3ccccc3)cc21. The summed E-state index contributed by atoms with van der Waals surface area (Å²) in [6.45, 7) is 6.83. The minimum atomic E-state index is -0.204. The molecule has 130 valence electrons. The predicted molar refractivity (Wildman–Crippen MR) is 103 cm³/mol. The van der Waals surface area contributed by atoms with Crippen molar-refractivity contribution in [3.05, 3.63) is 65.2 Å². The van der Waals surface area contributed by atoms with Crippen LogP contribution in [0.15, 0.2) is 53.6 Å². The molecule has 0 spiro atoms. The van der Waals surface area contributed by atoms with Crippen molar-refractivity contribution >= 4 is 17.8 Å². The fourth-order valence-electron chi connectivity index (χ4n) is 3.50. The molecule has 0 aromatic heterocycles. The van der Waals surface area contributed by atoms with Gasteiger partial charge in [0.25, 0.3) is 5.91 Å². The number of carbonyl (C=O) groups is 1. The molecular weight excluding hydrogens is 310 g/mol. The standard InChI is InChI=1S/C21H25N3O/c1-15-13-21(2,3)24(4)19-11-10-16(12-18(15)19)14-22-23-20(25)17-8-6-5-7-9-17/h5-12,14-15H,13H2,1-4H3,(H,23,25)/b22-14-/t15-/m0/s1. The zero-order valence-corrected chi connectivity index (χ0v) is 15.3. The molecule has 1 amide bonds. The average Bonchev–Trinajstić information content (AvgIpc) is 2.60. The lowest BCUT2D eigenvalue weighted by atomic mass is 9.80. The number of anilines is 1. The van der Waals surface area contributed by atoms with Crippen LogP contribution in [0.2, 0.25) is 0 Å². The number of nitrogens with zero attached hydrogens (tertiary/aromatic N) is 2. The van der Waals surface area contributed by atoms with Crippen molar-refractivity contribution in [1.82, 2.24) is 5.43 Å². The Morgan fingerprint density at radius 2 is 1.96 bits per heavy atom. The molecule has 3 rings (SSSR count). The molecule has 0 saturated carbocycles. The van der Waals surface area contributed by atoms with E-state index in [9.17, 15) is 4.79 Å². The zero-order chi connectivity index (χ0) is 18.0. The van der Waals surface area contributed by atoms with E-state index in [2.05, 4.69) is 55.4 Å². The molecule has 25 heavy (non-hydrogen) atoms. The van der Waals surface area contributed by atoms with E-state index in [0.29, 0.717) is 11.5 Å². The molecule has 0 saturated heterocycles. The third kappa shape index (κ3) is 3.58. The normalized spacial score (nSPS) is 18.9. The second-order valence-corrected chi connectivity index (χ2v) is 7.36. The molecule has 4 nitrogen and oxygen atoms in total. The van der Waals surface area contributed by atoms with E-state index in [1.165, 1.54) is 11.3 Å². The third-order valence-electron chi connectivity index (χ3n) is 5.07. The lowest BCUT2D eigenvalue weighted by molar-refractivity contribution is 0.0955. The Hall–Kier alpha value is -2.62. The molecule has 0 radical (unpaired) electrons. The van der Waals surface area contributed by atoms with Gasteiger partial charge in [-0.05, 0) is 61.6 Å². The number of nitrogens with one attached hydrogen (secondary N) is 1. The maximum Gasteiger partial charge on any atom is 0.271 e. The van der Waals surface area contributed by atoms with Crippen LogP contribution in [-0.2, 0) is 0 Å². The van der Waals surface area contributed by atoms with Crippen molar-refractivity contribution in [1.29, 1.82) is 0 Å². The fraction of sp³-hybridized carbons (Fsp3) is 0.333. The van der Waals surface area contributed by atoms with Crippen LogP contribution < -0.4 is 10.3 Å². The topological polar surface area (TPSA) is 44.7 Å². The third-order valence-corrected chi connectivity index (χ3v) is 5.07. The summed E-state index contributed by atoms with van der Waals surface area (Å²) in [7, 11) is 2.15. The van der Waals surface area contributed by atoms with Crippen LogP contribution in [0.3, 0.4) is 0 Å². The van der Waals surface area contributed by atoms with Crippen molar-refractivity contribution in [3.8, 4) is 0 Å². The highest BCUT2D eigenvalue weighted by Gasteiger charge is 2.33. The molecule has 0 fully saturated rings. The first-order valence-electron chi connectivity index (χ1n) is 8.65. The van der Waals surface area contributed by atoms with Crippen LogP contribution in [0.1, 0.15) is 54.6 Å². The van der Waals surface area contributed by atoms with E-state index >= 15 is 0 Å². The van der Waals surface area contributed by atoms with E-state index in [1.54, 1.807) is 18.3 Å².